The molecule has 1 fully saturated rings. The summed E-state index contributed by atoms with van der Waals surface area (Å²) in [5.41, 5.74) is 9.35. The van der Waals surface area contributed by atoms with Gasteiger partial charge in [-0.05, 0) is 31.4 Å². The van der Waals surface area contributed by atoms with E-state index in [-0.39, 0.29) is 6.04 Å². The van der Waals surface area contributed by atoms with Crippen LogP contribution < -0.4 is 5.73 Å². The summed E-state index contributed by atoms with van der Waals surface area (Å²) in [4.78, 5) is 0. The van der Waals surface area contributed by atoms with Crippen LogP contribution in [0.15, 0.2) is 18.2 Å². The Balaban J connectivity index is 2.13. The Morgan fingerprint density at radius 3 is 2.93 bits per heavy atom. The quantitative estimate of drug-likeness (QED) is 0.784. The zero-order chi connectivity index (χ0) is 10.4. The van der Waals surface area contributed by atoms with Crippen molar-refractivity contribution in [1.82, 2.24) is 10.2 Å². The van der Waals surface area contributed by atoms with Gasteiger partial charge in [0.05, 0.1) is 5.52 Å². The normalized spacial score (nSPS) is 18.3. The molecule has 3 heteroatoms. The summed E-state index contributed by atoms with van der Waals surface area (Å²) in [5.74, 6) is 0.719. The molecular weight excluding hydrogens is 186 g/mol. The molecule has 3 N–H and O–H groups in total. The molecule has 1 aromatic heterocycles. The van der Waals surface area contributed by atoms with Gasteiger partial charge in [-0.25, -0.2) is 0 Å². The fraction of sp³-hybridized carbons (Fsp3) is 0.417. The first-order chi connectivity index (χ1) is 7.25. The number of nitrogens with one attached hydrogen (secondary N) is 1. The highest BCUT2D eigenvalue weighted by molar-refractivity contribution is 5.82. The number of benzene rings is 1. The predicted molar refractivity (Wildman–Crippen MR) is 60.7 cm³/mol. The van der Waals surface area contributed by atoms with Crippen LogP contribution in [0.5, 0.6) is 0 Å². The maximum Gasteiger partial charge on any atom is 0.0927 e. The second-order valence-electron chi connectivity index (χ2n) is 4.48. The van der Waals surface area contributed by atoms with E-state index in [0.29, 0.717) is 0 Å². The van der Waals surface area contributed by atoms with E-state index in [2.05, 4.69) is 28.4 Å². The van der Waals surface area contributed by atoms with Crippen molar-refractivity contribution in [2.75, 3.05) is 0 Å². The van der Waals surface area contributed by atoms with Gasteiger partial charge in [0.2, 0.25) is 0 Å². The molecule has 0 aliphatic heterocycles. The van der Waals surface area contributed by atoms with Gasteiger partial charge in [0.15, 0.2) is 0 Å². The molecule has 1 aromatic carbocycles. The van der Waals surface area contributed by atoms with Gasteiger partial charge in [-0.2, -0.15) is 5.10 Å². The molecule has 0 bridgehead atoms. The Bertz CT molecular complexity index is 495. The zero-order valence-electron chi connectivity index (χ0n) is 8.83. The molecular formula is C12H15N3. The number of hydrogen-bond acceptors (Lipinski definition) is 2. The summed E-state index contributed by atoms with van der Waals surface area (Å²) >= 11 is 0. The molecule has 3 rings (SSSR count). The predicted octanol–water partition coefficient (Wildman–Crippen LogP) is 2.46. The van der Waals surface area contributed by atoms with Gasteiger partial charge < -0.3 is 5.73 Å². The summed E-state index contributed by atoms with van der Waals surface area (Å²) in [6.07, 6.45) is 2.60. The summed E-state index contributed by atoms with van der Waals surface area (Å²) in [5, 5.41) is 8.76. The highest BCUT2D eigenvalue weighted by Gasteiger charge is 2.27. The van der Waals surface area contributed by atoms with Crippen LogP contribution in [0.1, 0.15) is 43.0 Å². The first kappa shape index (κ1) is 8.92. The standard InChI is InChI=1S/C12H15N3/c1-7(13)9-4-5-10-11(6-9)14-15-12(10)8-2-3-8/h4-8H,2-3,13H2,1H3,(H,14,15). The van der Waals surface area contributed by atoms with E-state index in [4.69, 9.17) is 5.73 Å². The smallest absolute Gasteiger partial charge is 0.0927 e. The van der Waals surface area contributed by atoms with E-state index in [0.717, 1.165) is 17.0 Å². The van der Waals surface area contributed by atoms with Gasteiger partial charge >= 0.3 is 0 Å². The third kappa shape index (κ3) is 1.43. The fourth-order valence-corrected chi connectivity index (χ4v) is 2.02. The van der Waals surface area contributed by atoms with E-state index >= 15 is 0 Å². The van der Waals surface area contributed by atoms with E-state index in [1.807, 2.05) is 6.92 Å². The first-order valence-corrected chi connectivity index (χ1v) is 5.49. The molecule has 15 heavy (non-hydrogen) atoms. The number of hydrogen-bond donors (Lipinski definition) is 2. The average molecular weight is 201 g/mol. The number of nitrogens with zero attached hydrogens (tertiary/aromatic N) is 1. The molecule has 1 aliphatic rings. The van der Waals surface area contributed by atoms with Crippen LogP contribution in [0.2, 0.25) is 0 Å². The summed E-state index contributed by atoms with van der Waals surface area (Å²) in [6.45, 7) is 2.00. The zero-order valence-corrected chi connectivity index (χ0v) is 8.83. The Morgan fingerprint density at radius 1 is 1.47 bits per heavy atom. The lowest BCUT2D eigenvalue weighted by Gasteiger charge is -2.04. The minimum absolute atomic E-state index is 0.0791. The molecule has 2 aromatic rings. The Labute approximate surface area is 88.7 Å². The average Bonchev–Trinajstić information content (AvgIpc) is 2.98. The van der Waals surface area contributed by atoms with Crippen molar-refractivity contribution >= 4 is 10.9 Å². The lowest BCUT2D eigenvalue weighted by atomic mass is 10.1. The molecule has 1 aliphatic carbocycles. The number of H-pyrrole nitrogens is 1. The molecule has 1 heterocycles. The lowest BCUT2D eigenvalue weighted by Crippen LogP contribution is -2.04. The van der Waals surface area contributed by atoms with Crippen LogP contribution in [-0.2, 0) is 0 Å². The largest absolute Gasteiger partial charge is 0.324 e. The van der Waals surface area contributed by atoms with Crippen LogP contribution in [0.4, 0.5) is 0 Å². The number of aromatic amines is 1. The highest BCUT2D eigenvalue weighted by atomic mass is 15.1. The van der Waals surface area contributed by atoms with Crippen LogP contribution in [0.25, 0.3) is 10.9 Å². The first-order valence-electron chi connectivity index (χ1n) is 5.49. The maximum absolute atomic E-state index is 5.85. The van der Waals surface area contributed by atoms with E-state index in [1.165, 1.54) is 23.9 Å². The third-order valence-corrected chi connectivity index (χ3v) is 3.12. The summed E-state index contributed by atoms with van der Waals surface area (Å²) in [6, 6.07) is 6.41. The van der Waals surface area contributed by atoms with Gasteiger partial charge in [-0.15, -0.1) is 0 Å². The van der Waals surface area contributed by atoms with Crippen LogP contribution in [0.3, 0.4) is 0 Å². The van der Waals surface area contributed by atoms with Crippen molar-refractivity contribution in [3.05, 3.63) is 29.5 Å². The summed E-state index contributed by atoms with van der Waals surface area (Å²) < 4.78 is 0. The van der Waals surface area contributed by atoms with E-state index in [1.54, 1.807) is 0 Å². The highest BCUT2D eigenvalue weighted by Crippen LogP contribution is 2.41. The van der Waals surface area contributed by atoms with Gasteiger partial charge in [-0.1, -0.05) is 12.1 Å². The lowest BCUT2D eigenvalue weighted by molar-refractivity contribution is 0.819. The molecule has 1 atom stereocenters. The van der Waals surface area contributed by atoms with Crippen molar-refractivity contribution in [3.8, 4) is 0 Å². The van der Waals surface area contributed by atoms with Gasteiger partial charge in [-0.3, -0.25) is 5.10 Å². The molecule has 0 radical (unpaired) electrons. The number of nitrogens with two attached hydrogens (primary N) is 1. The Kier molecular flexibility index (Phi) is 1.83. The van der Waals surface area contributed by atoms with Crippen LogP contribution in [0, 0.1) is 0 Å². The van der Waals surface area contributed by atoms with Crippen molar-refractivity contribution in [2.24, 2.45) is 5.73 Å². The molecule has 1 saturated carbocycles. The number of rotatable bonds is 2. The summed E-state index contributed by atoms with van der Waals surface area (Å²) in [7, 11) is 0. The van der Waals surface area contributed by atoms with Crippen molar-refractivity contribution in [1.29, 1.82) is 0 Å². The molecule has 0 saturated heterocycles. The van der Waals surface area contributed by atoms with Crippen molar-refractivity contribution in [2.45, 2.75) is 31.7 Å². The third-order valence-electron chi connectivity index (χ3n) is 3.12. The number of fused-ring (bicyclic) bond motifs is 1. The SMILES string of the molecule is CC(N)c1ccc2c(C3CC3)[nH]nc2c1. The molecule has 1 unspecified atom stereocenters. The van der Waals surface area contributed by atoms with E-state index in [9.17, 15) is 0 Å². The van der Waals surface area contributed by atoms with Crippen LogP contribution >= 0.6 is 0 Å². The molecule has 0 amide bonds. The molecule has 3 nitrogen and oxygen atoms in total. The van der Waals surface area contributed by atoms with Crippen LogP contribution in [-0.4, -0.2) is 10.2 Å². The van der Waals surface area contributed by atoms with Crippen molar-refractivity contribution < 1.29 is 0 Å². The molecule has 0 spiro atoms. The minimum Gasteiger partial charge on any atom is -0.324 e. The van der Waals surface area contributed by atoms with Gasteiger partial charge in [0.1, 0.15) is 0 Å². The maximum atomic E-state index is 5.85. The monoisotopic (exact) mass is 201 g/mol. The second-order valence-corrected chi connectivity index (χ2v) is 4.48. The Morgan fingerprint density at radius 2 is 2.27 bits per heavy atom. The van der Waals surface area contributed by atoms with Gasteiger partial charge in [0.25, 0.3) is 0 Å². The second kappa shape index (κ2) is 3.07. The minimum atomic E-state index is 0.0791. The molecule has 78 valence electrons. The van der Waals surface area contributed by atoms with Gasteiger partial charge in [0, 0.05) is 23.0 Å². The topological polar surface area (TPSA) is 54.7 Å². The number of aromatic nitrogens is 2. The Hall–Kier alpha value is -1.35. The van der Waals surface area contributed by atoms with Crippen molar-refractivity contribution in [3.63, 3.8) is 0 Å². The van der Waals surface area contributed by atoms with E-state index < -0.39 is 0 Å². The fourth-order valence-electron chi connectivity index (χ4n) is 2.02.